The van der Waals surface area contributed by atoms with Gasteiger partial charge in [0, 0.05) is 49.5 Å². The van der Waals surface area contributed by atoms with E-state index in [1.54, 1.807) is 36.9 Å². The van der Waals surface area contributed by atoms with Gasteiger partial charge in [0.05, 0.1) is 54.9 Å². The summed E-state index contributed by atoms with van der Waals surface area (Å²) in [5.41, 5.74) is 4.64. The number of ether oxygens (including phenoxy) is 2. The molecule has 2 N–H and O–H groups in total. The van der Waals surface area contributed by atoms with E-state index in [1.165, 1.54) is 0 Å². The van der Waals surface area contributed by atoms with Gasteiger partial charge in [-0.3, -0.25) is 9.62 Å². The molecule has 222 valence electrons. The molecule has 4 aromatic rings. The van der Waals surface area contributed by atoms with Crippen LogP contribution >= 0.6 is 0 Å². The van der Waals surface area contributed by atoms with Crippen molar-refractivity contribution in [2.45, 2.75) is 25.8 Å². The fourth-order valence-corrected chi connectivity index (χ4v) is 6.39. The predicted octanol–water partition coefficient (Wildman–Crippen LogP) is 4.21. The van der Waals surface area contributed by atoms with Gasteiger partial charge in [-0.1, -0.05) is 18.2 Å². The molecule has 0 saturated carbocycles. The van der Waals surface area contributed by atoms with Crippen LogP contribution in [-0.4, -0.2) is 86.2 Å². The Morgan fingerprint density at radius 2 is 1.79 bits per heavy atom. The Morgan fingerprint density at radius 3 is 2.55 bits per heavy atom. The van der Waals surface area contributed by atoms with Gasteiger partial charge in [0.25, 0.3) is 0 Å². The molecule has 0 bridgehead atoms. The number of aromatic nitrogens is 3. The Balaban J connectivity index is 1.21. The molecule has 6 rings (SSSR count). The first-order valence-corrected chi connectivity index (χ1v) is 16.1. The Hall–Kier alpha value is -3.87. The third-order valence-electron chi connectivity index (χ3n) is 8.07. The highest BCUT2D eigenvalue weighted by Crippen LogP contribution is 2.34. The number of morpholine rings is 1. The molecule has 2 saturated heterocycles. The van der Waals surface area contributed by atoms with Gasteiger partial charge >= 0.3 is 0 Å². The van der Waals surface area contributed by atoms with E-state index >= 15 is 0 Å². The average Bonchev–Trinajstić information content (AvgIpc) is 3.45. The van der Waals surface area contributed by atoms with Crippen molar-refractivity contribution in [1.29, 1.82) is 0 Å². The van der Waals surface area contributed by atoms with Crippen LogP contribution in [0.2, 0.25) is 0 Å². The lowest BCUT2D eigenvalue weighted by molar-refractivity contribution is 0.0115. The largest absolute Gasteiger partial charge is 0.494 e. The van der Waals surface area contributed by atoms with Crippen LogP contribution < -0.4 is 19.7 Å². The van der Waals surface area contributed by atoms with Crippen molar-refractivity contribution >= 4 is 38.6 Å². The summed E-state index contributed by atoms with van der Waals surface area (Å²) in [7, 11) is -1.78. The number of benzene rings is 2. The zero-order valence-electron chi connectivity index (χ0n) is 24.0. The maximum Gasteiger partial charge on any atom is 0.245 e. The quantitative estimate of drug-likeness (QED) is 0.296. The van der Waals surface area contributed by atoms with E-state index in [9.17, 15) is 8.42 Å². The first kappa shape index (κ1) is 28.3. The first-order chi connectivity index (χ1) is 20.4. The van der Waals surface area contributed by atoms with Gasteiger partial charge in [-0.25, -0.2) is 17.9 Å². The molecular formula is C30H37N7O4S. The highest BCUT2D eigenvalue weighted by Gasteiger charge is 2.26. The van der Waals surface area contributed by atoms with Crippen molar-refractivity contribution < 1.29 is 17.9 Å². The average molecular weight is 592 g/mol. The minimum atomic E-state index is -3.44. The van der Waals surface area contributed by atoms with Crippen LogP contribution in [0.1, 0.15) is 19.8 Å². The number of anilines is 4. The topological polar surface area (TPSA) is 113 Å². The van der Waals surface area contributed by atoms with Crippen LogP contribution in [0.4, 0.5) is 23.0 Å². The molecule has 0 amide bonds. The number of nitrogens with zero attached hydrogens (tertiary/aromatic N) is 5. The molecule has 2 aromatic heterocycles. The normalized spacial score (nSPS) is 17.0. The van der Waals surface area contributed by atoms with Gasteiger partial charge in [0.15, 0.2) is 0 Å². The van der Waals surface area contributed by atoms with Crippen molar-refractivity contribution in [1.82, 2.24) is 19.5 Å². The Labute approximate surface area is 246 Å². The smallest absolute Gasteiger partial charge is 0.245 e. The third-order valence-corrected chi connectivity index (χ3v) is 9.36. The summed E-state index contributed by atoms with van der Waals surface area (Å²) in [6, 6.07) is 17.9. The fourth-order valence-electron chi connectivity index (χ4n) is 5.73. The third kappa shape index (κ3) is 6.01. The van der Waals surface area contributed by atoms with Crippen LogP contribution in [0.5, 0.6) is 5.75 Å². The monoisotopic (exact) mass is 591 g/mol. The van der Waals surface area contributed by atoms with E-state index in [0.29, 0.717) is 23.4 Å². The molecule has 12 heteroatoms. The lowest BCUT2D eigenvalue weighted by Crippen LogP contribution is -2.49. The van der Waals surface area contributed by atoms with Crippen molar-refractivity contribution in [3.8, 4) is 17.0 Å². The number of rotatable bonds is 9. The molecule has 2 fully saturated rings. The van der Waals surface area contributed by atoms with Crippen LogP contribution in [-0.2, 0) is 14.8 Å². The zero-order valence-corrected chi connectivity index (χ0v) is 24.8. The van der Waals surface area contributed by atoms with Gasteiger partial charge in [0.1, 0.15) is 5.75 Å². The van der Waals surface area contributed by atoms with Crippen molar-refractivity contribution in [2.24, 2.45) is 0 Å². The molecule has 0 unspecified atom stereocenters. The number of sulfonamides is 1. The zero-order chi connectivity index (χ0) is 29.1. The molecule has 0 radical (unpaired) electrons. The molecule has 2 aliphatic heterocycles. The van der Waals surface area contributed by atoms with Crippen LogP contribution in [0, 0.1) is 0 Å². The number of hydrogen-bond acceptors (Lipinski definition) is 9. The summed E-state index contributed by atoms with van der Waals surface area (Å²) in [6.45, 7) is 7.35. The van der Waals surface area contributed by atoms with E-state index in [1.807, 2.05) is 30.3 Å². The summed E-state index contributed by atoms with van der Waals surface area (Å²) in [6.07, 6.45) is 4.01. The number of nitrogens with one attached hydrogen (secondary N) is 2. The lowest BCUT2D eigenvalue weighted by atomic mass is 10.0. The second-order valence-electron chi connectivity index (χ2n) is 10.6. The maximum atomic E-state index is 12.3. The second kappa shape index (κ2) is 12.2. The molecule has 0 spiro atoms. The molecule has 0 aliphatic carbocycles. The Bertz CT molecular complexity index is 1640. The fraction of sp³-hybridized carbons (Fsp3) is 0.400. The van der Waals surface area contributed by atoms with E-state index < -0.39 is 10.0 Å². The van der Waals surface area contributed by atoms with Crippen molar-refractivity contribution in [3.63, 3.8) is 0 Å². The van der Waals surface area contributed by atoms with Gasteiger partial charge in [-0.2, -0.15) is 0 Å². The van der Waals surface area contributed by atoms with Gasteiger partial charge in [0.2, 0.25) is 16.0 Å². The standard InChI is InChI=1S/C30H37N7O4S/c1-3-42(38,39)34-26-7-5-4-6-25(26)28-11-9-24-21-31-30(33-37(24)28)32-27-10-8-23(20-29(27)40-2)35-14-12-22(13-15-35)36-16-18-41-19-17-36/h4-11,20-22,34H,3,12-19H2,1-2H3,(H,32,33). The highest BCUT2D eigenvalue weighted by atomic mass is 32.2. The predicted molar refractivity (Wildman–Crippen MR) is 165 cm³/mol. The van der Waals surface area contributed by atoms with E-state index in [-0.39, 0.29) is 5.75 Å². The van der Waals surface area contributed by atoms with Crippen molar-refractivity contribution in [2.75, 3.05) is 67.2 Å². The van der Waals surface area contributed by atoms with Gasteiger partial charge < -0.3 is 19.7 Å². The summed E-state index contributed by atoms with van der Waals surface area (Å²) in [5.74, 6) is 1.09. The number of methoxy groups -OCH3 is 1. The molecule has 2 aliphatic rings. The minimum absolute atomic E-state index is 0.0141. The van der Waals surface area contributed by atoms with Crippen LogP contribution in [0.3, 0.4) is 0 Å². The van der Waals surface area contributed by atoms with E-state index in [4.69, 9.17) is 14.6 Å². The maximum absolute atomic E-state index is 12.3. The molecule has 2 aromatic carbocycles. The Kier molecular flexibility index (Phi) is 8.18. The molecule has 0 atom stereocenters. The van der Waals surface area contributed by atoms with Crippen LogP contribution in [0.15, 0.2) is 60.8 Å². The number of para-hydroxylation sites is 1. The van der Waals surface area contributed by atoms with Crippen molar-refractivity contribution in [3.05, 3.63) is 60.8 Å². The molecular weight excluding hydrogens is 554 g/mol. The number of fused-ring (bicyclic) bond motifs is 1. The second-order valence-corrected chi connectivity index (χ2v) is 12.6. The molecule has 42 heavy (non-hydrogen) atoms. The summed E-state index contributed by atoms with van der Waals surface area (Å²) in [5, 5.41) is 8.05. The Morgan fingerprint density at radius 1 is 1.00 bits per heavy atom. The van der Waals surface area contributed by atoms with Gasteiger partial charge in [-0.05, 0) is 50.1 Å². The van der Waals surface area contributed by atoms with E-state index in [0.717, 1.165) is 80.4 Å². The molecule has 11 nitrogen and oxygen atoms in total. The lowest BCUT2D eigenvalue weighted by Gasteiger charge is -2.40. The SMILES string of the molecule is CCS(=O)(=O)Nc1ccccc1-c1ccc2cnc(Nc3ccc(N4CCC(N5CCOCC5)CC4)cc3OC)nn12. The highest BCUT2D eigenvalue weighted by molar-refractivity contribution is 7.92. The summed E-state index contributed by atoms with van der Waals surface area (Å²) in [4.78, 5) is 9.50. The summed E-state index contributed by atoms with van der Waals surface area (Å²) >= 11 is 0. The molecule has 4 heterocycles. The van der Waals surface area contributed by atoms with E-state index in [2.05, 4.69) is 37.0 Å². The number of piperidine rings is 1. The number of hydrogen-bond donors (Lipinski definition) is 2. The summed E-state index contributed by atoms with van der Waals surface area (Å²) < 4.78 is 40.3. The van der Waals surface area contributed by atoms with Gasteiger partial charge in [-0.15, -0.1) is 5.10 Å². The first-order valence-electron chi connectivity index (χ1n) is 14.4. The minimum Gasteiger partial charge on any atom is -0.494 e. The van der Waals surface area contributed by atoms with Crippen LogP contribution in [0.25, 0.3) is 16.8 Å².